The lowest BCUT2D eigenvalue weighted by Crippen LogP contribution is -2.20. The monoisotopic (exact) mass is 281 g/mol. The first-order chi connectivity index (χ1) is 9.58. The first kappa shape index (κ1) is 16.4. The summed E-state index contributed by atoms with van der Waals surface area (Å²) >= 11 is 0. The highest BCUT2D eigenvalue weighted by Crippen LogP contribution is 2.23. The number of nitro benzene ring substituents is 1. The van der Waals surface area contributed by atoms with Crippen molar-refractivity contribution in [3.63, 3.8) is 0 Å². The molecule has 0 aliphatic carbocycles. The Morgan fingerprint density at radius 3 is 2.70 bits per heavy atom. The summed E-state index contributed by atoms with van der Waals surface area (Å²) in [6.07, 6.45) is 2.84. The Morgan fingerprint density at radius 2 is 2.10 bits per heavy atom. The molecule has 112 valence electrons. The number of nitro groups is 1. The molecule has 6 nitrogen and oxygen atoms in total. The molecule has 1 aromatic carbocycles. The summed E-state index contributed by atoms with van der Waals surface area (Å²) in [5.74, 6) is 0. The van der Waals surface area contributed by atoms with E-state index in [1.807, 2.05) is 14.1 Å². The smallest absolute Gasteiger partial charge is 0.269 e. The van der Waals surface area contributed by atoms with Gasteiger partial charge in [0.1, 0.15) is 0 Å². The van der Waals surface area contributed by atoms with E-state index in [0.717, 1.165) is 37.1 Å². The van der Waals surface area contributed by atoms with Crippen LogP contribution in [0.1, 0.15) is 24.8 Å². The maximum absolute atomic E-state index is 10.8. The summed E-state index contributed by atoms with van der Waals surface area (Å²) in [6.45, 7) is 1.81. The molecule has 0 heterocycles. The summed E-state index contributed by atoms with van der Waals surface area (Å²) in [5, 5.41) is 22.6. The molecule has 0 atom stereocenters. The van der Waals surface area contributed by atoms with Crippen LogP contribution in [0.25, 0.3) is 0 Å². The fraction of sp³-hybridized carbons (Fsp3) is 0.571. The van der Waals surface area contributed by atoms with Crippen LogP contribution in [0, 0.1) is 10.1 Å². The molecule has 2 N–H and O–H groups in total. The van der Waals surface area contributed by atoms with Crippen LogP contribution >= 0.6 is 0 Å². The molecule has 1 aromatic rings. The van der Waals surface area contributed by atoms with Crippen molar-refractivity contribution in [2.45, 2.75) is 25.8 Å². The molecule has 0 spiro atoms. The second-order valence-corrected chi connectivity index (χ2v) is 4.87. The third kappa shape index (κ3) is 5.14. The minimum absolute atomic E-state index is 0.118. The lowest BCUT2D eigenvalue weighted by atomic mass is 10.1. The first-order valence-electron chi connectivity index (χ1n) is 6.83. The summed E-state index contributed by atoms with van der Waals surface area (Å²) in [4.78, 5) is 12.6. The highest BCUT2D eigenvalue weighted by molar-refractivity contribution is 5.55. The zero-order chi connectivity index (χ0) is 15.0. The fourth-order valence-corrected chi connectivity index (χ4v) is 2.11. The molecular weight excluding hydrogens is 258 g/mol. The van der Waals surface area contributed by atoms with Gasteiger partial charge >= 0.3 is 0 Å². The number of hydrogen-bond acceptors (Lipinski definition) is 5. The highest BCUT2D eigenvalue weighted by atomic mass is 16.6. The molecule has 0 unspecified atom stereocenters. The molecule has 0 aliphatic heterocycles. The Bertz CT molecular complexity index is 438. The van der Waals surface area contributed by atoms with E-state index in [1.165, 1.54) is 6.07 Å². The predicted octanol–water partition coefficient (Wildman–Crippen LogP) is 2.23. The molecular formula is C14H23N3O3. The van der Waals surface area contributed by atoms with Gasteiger partial charge in [-0.3, -0.25) is 10.1 Å². The molecule has 20 heavy (non-hydrogen) atoms. The molecule has 0 fully saturated rings. The second-order valence-electron chi connectivity index (χ2n) is 4.87. The number of nitrogens with one attached hydrogen (secondary N) is 1. The van der Waals surface area contributed by atoms with E-state index in [9.17, 15) is 10.1 Å². The lowest BCUT2D eigenvalue weighted by Gasteiger charge is -2.18. The third-order valence-corrected chi connectivity index (χ3v) is 3.21. The van der Waals surface area contributed by atoms with Crippen molar-refractivity contribution in [3.05, 3.63) is 33.9 Å². The van der Waals surface area contributed by atoms with E-state index >= 15 is 0 Å². The molecule has 6 heteroatoms. The van der Waals surface area contributed by atoms with Crippen molar-refractivity contribution in [2.24, 2.45) is 0 Å². The number of unbranched alkanes of at least 4 members (excludes halogenated alkanes) is 2. The number of nitrogens with zero attached hydrogens (tertiary/aromatic N) is 2. The molecule has 0 bridgehead atoms. The topological polar surface area (TPSA) is 78.6 Å². The second kappa shape index (κ2) is 8.50. The van der Waals surface area contributed by atoms with E-state index in [0.29, 0.717) is 6.54 Å². The van der Waals surface area contributed by atoms with Crippen molar-refractivity contribution in [1.82, 2.24) is 4.90 Å². The quantitative estimate of drug-likeness (QED) is 0.412. The van der Waals surface area contributed by atoms with Crippen LogP contribution in [0.2, 0.25) is 0 Å². The van der Waals surface area contributed by atoms with Gasteiger partial charge in [0.15, 0.2) is 0 Å². The maximum atomic E-state index is 10.8. The molecule has 0 aliphatic rings. The van der Waals surface area contributed by atoms with Gasteiger partial charge in [-0.25, -0.2) is 0 Å². The Morgan fingerprint density at radius 1 is 1.35 bits per heavy atom. The van der Waals surface area contributed by atoms with Gasteiger partial charge in [0.25, 0.3) is 5.69 Å². The van der Waals surface area contributed by atoms with Crippen LogP contribution < -0.4 is 5.32 Å². The minimum Gasteiger partial charge on any atom is -0.396 e. The Kier molecular flexibility index (Phi) is 6.97. The van der Waals surface area contributed by atoms with Crippen LogP contribution in [-0.4, -0.2) is 42.2 Å². The largest absolute Gasteiger partial charge is 0.396 e. The van der Waals surface area contributed by atoms with E-state index in [-0.39, 0.29) is 17.2 Å². The third-order valence-electron chi connectivity index (χ3n) is 3.21. The van der Waals surface area contributed by atoms with Crippen LogP contribution in [0.3, 0.4) is 0 Å². The van der Waals surface area contributed by atoms with Gasteiger partial charge in [-0.15, -0.1) is 0 Å². The average Bonchev–Trinajstić information content (AvgIpc) is 2.43. The molecule has 0 aromatic heterocycles. The standard InChI is InChI=1S/C14H23N3O3/c1-15-14-7-6-13(17(19)20)10-12(14)11-16(2)8-4-3-5-9-18/h6-7,10,15,18H,3-5,8-9,11H2,1-2H3. The highest BCUT2D eigenvalue weighted by Gasteiger charge is 2.11. The van der Waals surface area contributed by atoms with Gasteiger partial charge in [-0.2, -0.15) is 0 Å². The van der Waals surface area contributed by atoms with Gasteiger partial charge in [0.05, 0.1) is 4.92 Å². The molecule has 0 amide bonds. The van der Waals surface area contributed by atoms with Crippen molar-refractivity contribution in [1.29, 1.82) is 0 Å². The van der Waals surface area contributed by atoms with Crippen LogP contribution in [0.4, 0.5) is 11.4 Å². The van der Waals surface area contributed by atoms with E-state index in [2.05, 4.69) is 10.2 Å². The zero-order valence-electron chi connectivity index (χ0n) is 12.1. The van der Waals surface area contributed by atoms with Crippen molar-refractivity contribution in [3.8, 4) is 0 Å². The maximum Gasteiger partial charge on any atom is 0.269 e. The van der Waals surface area contributed by atoms with E-state index < -0.39 is 0 Å². The van der Waals surface area contributed by atoms with E-state index in [1.54, 1.807) is 12.1 Å². The number of hydrogen-bond donors (Lipinski definition) is 2. The summed E-state index contributed by atoms with van der Waals surface area (Å²) in [7, 11) is 3.81. The molecule has 1 rings (SSSR count). The van der Waals surface area contributed by atoms with Crippen LogP contribution in [0.5, 0.6) is 0 Å². The van der Waals surface area contributed by atoms with Crippen molar-refractivity contribution >= 4 is 11.4 Å². The lowest BCUT2D eigenvalue weighted by molar-refractivity contribution is -0.384. The predicted molar refractivity (Wildman–Crippen MR) is 79.9 cm³/mol. The number of rotatable bonds is 9. The Balaban J connectivity index is 2.64. The van der Waals surface area contributed by atoms with Gasteiger partial charge in [0, 0.05) is 38.0 Å². The van der Waals surface area contributed by atoms with Gasteiger partial charge in [-0.05, 0) is 44.5 Å². The van der Waals surface area contributed by atoms with Gasteiger partial charge < -0.3 is 15.3 Å². The number of aliphatic hydroxyl groups excluding tert-OH is 1. The Hall–Kier alpha value is -1.66. The number of aliphatic hydroxyl groups is 1. The fourth-order valence-electron chi connectivity index (χ4n) is 2.11. The minimum atomic E-state index is -0.371. The average molecular weight is 281 g/mol. The Labute approximate surface area is 119 Å². The molecule has 0 saturated carbocycles. The van der Waals surface area contributed by atoms with Crippen molar-refractivity contribution in [2.75, 3.05) is 32.6 Å². The van der Waals surface area contributed by atoms with Gasteiger partial charge in [-0.1, -0.05) is 0 Å². The normalized spacial score (nSPS) is 10.8. The van der Waals surface area contributed by atoms with Crippen molar-refractivity contribution < 1.29 is 10.0 Å². The molecule has 0 saturated heterocycles. The number of non-ortho nitro benzene ring substituents is 1. The van der Waals surface area contributed by atoms with E-state index in [4.69, 9.17) is 5.11 Å². The summed E-state index contributed by atoms with van der Waals surface area (Å²) in [6, 6.07) is 4.87. The van der Waals surface area contributed by atoms with Crippen LogP contribution in [-0.2, 0) is 6.54 Å². The SMILES string of the molecule is CNc1ccc([N+](=O)[O-])cc1CN(C)CCCCCO. The summed E-state index contributed by atoms with van der Waals surface area (Å²) in [5.41, 5.74) is 1.96. The number of anilines is 1. The summed E-state index contributed by atoms with van der Waals surface area (Å²) < 4.78 is 0. The zero-order valence-corrected chi connectivity index (χ0v) is 12.1. The number of benzene rings is 1. The first-order valence-corrected chi connectivity index (χ1v) is 6.83. The van der Waals surface area contributed by atoms with Crippen LogP contribution in [0.15, 0.2) is 18.2 Å². The molecule has 0 radical (unpaired) electrons. The van der Waals surface area contributed by atoms with Gasteiger partial charge in [0.2, 0.25) is 0 Å².